The van der Waals surface area contributed by atoms with Crippen molar-refractivity contribution >= 4 is 17.8 Å². The van der Waals surface area contributed by atoms with Gasteiger partial charge in [-0.3, -0.25) is 14.5 Å². The summed E-state index contributed by atoms with van der Waals surface area (Å²) in [5, 5.41) is 2.69. The lowest BCUT2D eigenvalue weighted by atomic mass is 9.93. The molecule has 0 spiro atoms. The fourth-order valence-corrected chi connectivity index (χ4v) is 2.80. The predicted octanol–water partition coefficient (Wildman–Crippen LogP) is 1.89. The van der Waals surface area contributed by atoms with Gasteiger partial charge in [-0.2, -0.15) is 0 Å². The molecule has 0 unspecified atom stereocenters. The van der Waals surface area contributed by atoms with E-state index in [2.05, 4.69) is 5.32 Å². The Morgan fingerprint density at radius 2 is 1.96 bits per heavy atom. The van der Waals surface area contributed by atoms with Gasteiger partial charge in [-0.25, -0.2) is 9.18 Å². The maximum Gasteiger partial charge on any atom is 0.325 e. The van der Waals surface area contributed by atoms with E-state index in [0.29, 0.717) is 18.4 Å². The minimum absolute atomic E-state index is 0.201. The smallest absolute Gasteiger partial charge is 0.325 e. The minimum atomic E-state index is -0.918. The zero-order chi connectivity index (χ0) is 17.9. The topological polar surface area (TPSA) is 69.7 Å². The van der Waals surface area contributed by atoms with Gasteiger partial charge in [0.1, 0.15) is 17.9 Å². The third kappa shape index (κ3) is 3.39. The van der Waals surface area contributed by atoms with Crippen LogP contribution >= 0.6 is 0 Å². The fraction of sp³-hybridized carbons (Fsp3) is 0.471. The standard InChI is InChI=1S/C17H22FN3O3/c1-4-17(5-2)15(23)21(16(24)19-17)11-14(22)20(3)10-12-7-6-8-13(18)9-12/h6-9H,4-5,10-11H2,1-3H3,(H,19,24). The minimum Gasteiger partial charge on any atom is -0.340 e. The number of carbonyl (C=O) groups excluding carboxylic acids is 3. The van der Waals surface area contributed by atoms with Crippen molar-refractivity contribution in [3.8, 4) is 0 Å². The number of urea groups is 1. The van der Waals surface area contributed by atoms with Gasteiger partial charge < -0.3 is 10.2 Å². The molecule has 130 valence electrons. The first kappa shape index (κ1) is 17.9. The number of rotatable bonds is 6. The number of imide groups is 1. The Hall–Kier alpha value is -2.44. The number of nitrogens with zero attached hydrogens (tertiary/aromatic N) is 2. The lowest BCUT2D eigenvalue weighted by molar-refractivity contribution is -0.138. The molecule has 0 aliphatic carbocycles. The molecule has 6 nitrogen and oxygen atoms in total. The van der Waals surface area contributed by atoms with Crippen LogP contribution in [0.3, 0.4) is 0 Å². The average Bonchev–Trinajstić information content (AvgIpc) is 2.79. The molecule has 1 fully saturated rings. The Balaban J connectivity index is 2.03. The zero-order valence-electron chi connectivity index (χ0n) is 14.1. The quantitative estimate of drug-likeness (QED) is 0.807. The normalized spacial score (nSPS) is 16.2. The molecule has 0 aromatic heterocycles. The summed E-state index contributed by atoms with van der Waals surface area (Å²) in [6.07, 6.45) is 0.940. The van der Waals surface area contributed by atoms with E-state index >= 15 is 0 Å². The molecule has 7 heteroatoms. The number of nitrogens with one attached hydrogen (secondary N) is 1. The van der Waals surface area contributed by atoms with Crippen molar-refractivity contribution in [2.24, 2.45) is 0 Å². The fourth-order valence-electron chi connectivity index (χ4n) is 2.80. The maximum absolute atomic E-state index is 13.2. The van der Waals surface area contributed by atoms with Crippen molar-refractivity contribution in [3.63, 3.8) is 0 Å². The van der Waals surface area contributed by atoms with Crippen molar-refractivity contribution in [3.05, 3.63) is 35.6 Å². The molecule has 1 heterocycles. The first-order valence-electron chi connectivity index (χ1n) is 7.95. The Kier molecular flexibility index (Phi) is 5.21. The summed E-state index contributed by atoms with van der Waals surface area (Å²) in [6.45, 7) is 3.53. The van der Waals surface area contributed by atoms with Crippen LogP contribution in [0.5, 0.6) is 0 Å². The van der Waals surface area contributed by atoms with E-state index in [0.717, 1.165) is 4.90 Å². The van der Waals surface area contributed by atoms with Gasteiger partial charge in [-0.15, -0.1) is 0 Å². The molecular formula is C17H22FN3O3. The van der Waals surface area contributed by atoms with Gasteiger partial charge in [-0.1, -0.05) is 26.0 Å². The van der Waals surface area contributed by atoms with Crippen LogP contribution in [-0.2, 0) is 16.1 Å². The summed E-state index contributed by atoms with van der Waals surface area (Å²) < 4.78 is 13.2. The largest absolute Gasteiger partial charge is 0.340 e. The van der Waals surface area contributed by atoms with Gasteiger partial charge >= 0.3 is 6.03 Å². The highest BCUT2D eigenvalue weighted by Crippen LogP contribution is 2.24. The van der Waals surface area contributed by atoms with Crippen molar-refractivity contribution in [2.45, 2.75) is 38.8 Å². The van der Waals surface area contributed by atoms with Gasteiger partial charge in [0.15, 0.2) is 0 Å². The van der Waals surface area contributed by atoms with Gasteiger partial charge in [0.2, 0.25) is 5.91 Å². The average molecular weight is 335 g/mol. The molecule has 1 saturated heterocycles. The van der Waals surface area contributed by atoms with Crippen LogP contribution in [0.25, 0.3) is 0 Å². The van der Waals surface area contributed by atoms with Crippen LogP contribution in [-0.4, -0.2) is 46.8 Å². The molecule has 1 aromatic carbocycles. The molecule has 1 aliphatic rings. The van der Waals surface area contributed by atoms with Crippen LogP contribution in [0.2, 0.25) is 0 Å². The van der Waals surface area contributed by atoms with E-state index in [1.165, 1.54) is 17.0 Å². The third-order valence-corrected chi connectivity index (χ3v) is 4.48. The Morgan fingerprint density at radius 3 is 2.50 bits per heavy atom. The summed E-state index contributed by atoms with van der Waals surface area (Å²) >= 11 is 0. The number of carbonyl (C=O) groups is 3. The van der Waals surface area contributed by atoms with Crippen LogP contribution in [0.15, 0.2) is 24.3 Å². The predicted molar refractivity (Wildman–Crippen MR) is 86.4 cm³/mol. The highest BCUT2D eigenvalue weighted by atomic mass is 19.1. The number of benzene rings is 1. The molecule has 4 amide bonds. The molecule has 2 rings (SSSR count). The van der Waals surface area contributed by atoms with Crippen molar-refractivity contribution < 1.29 is 18.8 Å². The van der Waals surface area contributed by atoms with Gasteiger partial charge in [0, 0.05) is 13.6 Å². The molecule has 1 aliphatic heterocycles. The summed E-state index contributed by atoms with van der Waals surface area (Å²) in [7, 11) is 1.55. The van der Waals surface area contributed by atoms with E-state index in [9.17, 15) is 18.8 Å². The monoisotopic (exact) mass is 335 g/mol. The second kappa shape index (κ2) is 6.98. The second-order valence-corrected chi connectivity index (χ2v) is 5.99. The summed E-state index contributed by atoms with van der Waals surface area (Å²) in [5.74, 6) is -1.13. The van der Waals surface area contributed by atoms with Crippen molar-refractivity contribution in [1.82, 2.24) is 15.1 Å². The van der Waals surface area contributed by atoms with Crippen LogP contribution < -0.4 is 5.32 Å². The van der Waals surface area contributed by atoms with Gasteiger partial charge in [0.05, 0.1) is 0 Å². The molecule has 0 saturated carbocycles. The third-order valence-electron chi connectivity index (χ3n) is 4.48. The highest BCUT2D eigenvalue weighted by molar-refractivity contribution is 6.08. The molecule has 0 atom stereocenters. The number of amides is 4. The molecule has 24 heavy (non-hydrogen) atoms. The lowest BCUT2D eigenvalue weighted by Crippen LogP contribution is -2.46. The van der Waals surface area contributed by atoms with E-state index in [1.807, 2.05) is 13.8 Å². The Labute approximate surface area is 140 Å². The summed E-state index contributed by atoms with van der Waals surface area (Å²) in [4.78, 5) is 39.2. The zero-order valence-corrected chi connectivity index (χ0v) is 14.1. The van der Waals surface area contributed by atoms with Crippen LogP contribution in [0.1, 0.15) is 32.3 Å². The number of halogens is 1. The van der Waals surface area contributed by atoms with E-state index in [1.54, 1.807) is 19.2 Å². The van der Waals surface area contributed by atoms with Crippen LogP contribution in [0, 0.1) is 5.82 Å². The first-order chi connectivity index (χ1) is 11.3. The van der Waals surface area contributed by atoms with E-state index in [4.69, 9.17) is 0 Å². The lowest BCUT2D eigenvalue weighted by Gasteiger charge is -2.24. The number of hydrogen-bond acceptors (Lipinski definition) is 3. The highest BCUT2D eigenvalue weighted by Gasteiger charge is 2.49. The molecule has 0 radical (unpaired) electrons. The Bertz CT molecular complexity index is 658. The summed E-state index contributed by atoms with van der Waals surface area (Å²) in [5.41, 5.74) is -0.280. The molecule has 1 N–H and O–H groups in total. The van der Waals surface area contributed by atoms with Crippen molar-refractivity contribution in [2.75, 3.05) is 13.6 Å². The second-order valence-electron chi connectivity index (χ2n) is 5.99. The van der Waals surface area contributed by atoms with Gasteiger partial charge in [-0.05, 0) is 30.5 Å². The first-order valence-corrected chi connectivity index (χ1v) is 7.95. The Morgan fingerprint density at radius 1 is 1.29 bits per heavy atom. The van der Waals surface area contributed by atoms with Crippen LogP contribution in [0.4, 0.5) is 9.18 Å². The molecule has 1 aromatic rings. The summed E-state index contributed by atoms with van der Waals surface area (Å²) in [6, 6.07) is 5.40. The molecular weight excluding hydrogens is 313 g/mol. The van der Waals surface area contributed by atoms with E-state index in [-0.39, 0.29) is 30.7 Å². The molecule has 0 bridgehead atoms. The van der Waals surface area contributed by atoms with Gasteiger partial charge in [0.25, 0.3) is 5.91 Å². The maximum atomic E-state index is 13.2. The van der Waals surface area contributed by atoms with Crippen molar-refractivity contribution in [1.29, 1.82) is 0 Å². The number of hydrogen-bond donors (Lipinski definition) is 1. The SMILES string of the molecule is CCC1(CC)NC(=O)N(CC(=O)N(C)Cc2cccc(F)c2)C1=O. The van der Waals surface area contributed by atoms with E-state index < -0.39 is 11.6 Å². The number of likely N-dealkylation sites (N-methyl/N-ethyl adjacent to an activating group) is 1.